The minimum absolute atomic E-state index is 0.190. The Labute approximate surface area is 243 Å². The van der Waals surface area contributed by atoms with Gasteiger partial charge in [-0.2, -0.15) is 0 Å². The normalized spacial score (nSPS) is 15.1. The Morgan fingerprint density at radius 2 is 1.70 bits per heavy atom. The van der Waals surface area contributed by atoms with Crippen LogP contribution in [0.3, 0.4) is 0 Å². The first-order chi connectivity index (χ1) is 19.0. The molecule has 40 heavy (non-hydrogen) atoms. The molecule has 3 aromatic carbocycles. The third kappa shape index (κ3) is 7.96. The standard InChI is InChI=1S/C30H31Cl2NO7/c1-30(2,3)40-29(35)33-24(28(34)36-4)14-18-6-12-25-26(15-18)38-17-27(39-25)20-7-9-21(10-8-20)37-16-19-5-11-22(31)23(32)13-19/h5-13,15,24,27H,14,16-17H2,1-4H3,(H,33,35)/t24?,27-/m1/s1. The van der Waals surface area contributed by atoms with E-state index in [1.807, 2.05) is 36.4 Å². The smallest absolute Gasteiger partial charge is 0.408 e. The molecule has 1 heterocycles. The number of nitrogens with one attached hydrogen (secondary N) is 1. The van der Waals surface area contributed by atoms with E-state index in [2.05, 4.69) is 5.32 Å². The second kappa shape index (κ2) is 12.7. The summed E-state index contributed by atoms with van der Waals surface area (Å²) in [4.78, 5) is 24.5. The zero-order chi connectivity index (χ0) is 28.9. The maximum absolute atomic E-state index is 12.3. The van der Waals surface area contributed by atoms with E-state index in [-0.39, 0.29) is 12.5 Å². The molecule has 1 unspecified atom stereocenters. The van der Waals surface area contributed by atoms with Gasteiger partial charge in [0.1, 0.15) is 30.6 Å². The molecule has 1 amide bonds. The summed E-state index contributed by atoms with van der Waals surface area (Å²) in [7, 11) is 1.27. The largest absolute Gasteiger partial charge is 0.489 e. The summed E-state index contributed by atoms with van der Waals surface area (Å²) in [6.45, 7) is 5.90. The van der Waals surface area contributed by atoms with Gasteiger partial charge in [0.05, 0.1) is 17.2 Å². The maximum Gasteiger partial charge on any atom is 0.408 e. The van der Waals surface area contributed by atoms with Crippen LogP contribution in [-0.2, 0) is 27.3 Å². The predicted octanol–water partition coefficient (Wildman–Crippen LogP) is 6.69. The van der Waals surface area contributed by atoms with Crippen LogP contribution in [-0.4, -0.2) is 37.4 Å². The Bertz CT molecular complexity index is 1360. The number of methoxy groups -OCH3 is 1. The lowest BCUT2D eigenvalue weighted by molar-refractivity contribution is -0.143. The fourth-order valence-corrected chi connectivity index (χ4v) is 4.32. The lowest BCUT2D eigenvalue weighted by Gasteiger charge is -2.27. The Kier molecular flexibility index (Phi) is 9.32. The summed E-state index contributed by atoms with van der Waals surface area (Å²) in [5.74, 6) is 1.26. The van der Waals surface area contributed by atoms with Gasteiger partial charge < -0.3 is 29.0 Å². The van der Waals surface area contributed by atoms with Gasteiger partial charge in [0.25, 0.3) is 0 Å². The number of carbonyl (C=O) groups is 2. The molecular weight excluding hydrogens is 557 g/mol. The highest BCUT2D eigenvalue weighted by Gasteiger charge is 2.27. The van der Waals surface area contributed by atoms with Crippen molar-refractivity contribution < 1.29 is 33.3 Å². The van der Waals surface area contributed by atoms with Crippen molar-refractivity contribution in [2.24, 2.45) is 0 Å². The van der Waals surface area contributed by atoms with Crippen LogP contribution in [0.1, 0.15) is 43.6 Å². The number of rotatable bonds is 8. The number of fused-ring (bicyclic) bond motifs is 1. The van der Waals surface area contributed by atoms with Crippen molar-refractivity contribution in [2.75, 3.05) is 13.7 Å². The summed E-state index contributed by atoms with van der Waals surface area (Å²) in [6, 6.07) is 17.5. The molecule has 0 spiro atoms. The molecule has 2 atom stereocenters. The van der Waals surface area contributed by atoms with Crippen molar-refractivity contribution in [1.29, 1.82) is 0 Å². The van der Waals surface area contributed by atoms with Crippen LogP contribution in [0, 0.1) is 0 Å². The van der Waals surface area contributed by atoms with Crippen LogP contribution < -0.4 is 19.5 Å². The summed E-state index contributed by atoms with van der Waals surface area (Å²) in [5, 5.41) is 3.57. The molecule has 1 aliphatic heterocycles. The number of amides is 1. The predicted molar refractivity (Wildman–Crippen MR) is 151 cm³/mol. The van der Waals surface area contributed by atoms with Crippen LogP contribution in [0.5, 0.6) is 17.2 Å². The van der Waals surface area contributed by atoms with E-state index >= 15 is 0 Å². The molecule has 3 aromatic rings. The van der Waals surface area contributed by atoms with Gasteiger partial charge in [-0.25, -0.2) is 9.59 Å². The topological polar surface area (TPSA) is 92.3 Å². The highest BCUT2D eigenvalue weighted by molar-refractivity contribution is 6.42. The Balaban J connectivity index is 1.36. The monoisotopic (exact) mass is 587 g/mol. The van der Waals surface area contributed by atoms with Crippen LogP contribution in [0.15, 0.2) is 60.7 Å². The summed E-state index contributed by atoms with van der Waals surface area (Å²) in [6.07, 6.45) is -0.816. The molecule has 0 saturated heterocycles. The molecule has 212 valence electrons. The fraction of sp³-hybridized carbons (Fsp3) is 0.333. The number of alkyl carbamates (subject to hydrolysis) is 1. The van der Waals surface area contributed by atoms with E-state index in [0.29, 0.717) is 40.5 Å². The van der Waals surface area contributed by atoms with Gasteiger partial charge >= 0.3 is 12.1 Å². The molecule has 0 radical (unpaired) electrons. The lowest BCUT2D eigenvalue weighted by atomic mass is 10.0. The SMILES string of the molecule is COC(=O)C(Cc1ccc2c(c1)OC[C@H](c1ccc(OCc3ccc(Cl)c(Cl)c3)cc1)O2)NC(=O)OC(C)(C)C. The molecule has 1 N–H and O–H groups in total. The molecule has 0 bridgehead atoms. The van der Waals surface area contributed by atoms with Crippen LogP contribution in [0.2, 0.25) is 10.0 Å². The van der Waals surface area contributed by atoms with Crippen molar-refractivity contribution >= 4 is 35.3 Å². The molecule has 10 heteroatoms. The summed E-state index contributed by atoms with van der Waals surface area (Å²) >= 11 is 12.0. The van der Waals surface area contributed by atoms with Crippen molar-refractivity contribution in [1.82, 2.24) is 5.32 Å². The second-order valence-electron chi connectivity index (χ2n) is 10.2. The quantitative estimate of drug-likeness (QED) is 0.293. The Hall–Kier alpha value is -3.62. The third-order valence-electron chi connectivity index (χ3n) is 5.93. The minimum atomic E-state index is -0.924. The number of carbonyl (C=O) groups excluding carboxylic acids is 2. The number of esters is 1. The van der Waals surface area contributed by atoms with E-state index in [1.54, 1.807) is 45.0 Å². The molecule has 8 nitrogen and oxygen atoms in total. The van der Waals surface area contributed by atoms with E-state index < -0.39 is 23.7 Å². The van der Waals surface area contributed by atoms with Gasteiger partial charge in [-0.1, -0.05) is 47.5 Å². The first-order valence-electron chi connectivity index (χ1n) is 12.7. The van der Waals surface area contributed by atoms with Crippen LogP contribution in [0.4, 0.5) is 4.79 Å². The zero-order valence-corrected chi connectivity index (χ0v) is 24.2. The number of halogens is 2. The molecule has 0 aromatic heterocycles. The third-order valence-corrected chi connectivity index (χ3v) is 6.66. The molecular formula is C30H31Cl2NO7. The van der Waals surface area contributed by atoms with E-state index in [9.17, 15) is 9.59 Å². The zero-order valence-electron chi connectivity index (χ0n) is 22.7. The first-order valence-corrected chi connectivity index (χ1v) is 13.4. The van der Waals surface area contributed by atoms with Crippen molar-refractivity contribution in [3.63, 3.8) is 0 Å². The highest BCUT2D eigenvalue weighted by Crippen LogP contribution is 2.37. The molecule has 0 aliphatic carbocycles. The Morgan fingerprint density at radius 1 is 0.975 bits per heavy atom. The van der Waals surface area contributed by atoms with E-state index in [1.165, 1.54) is 7.11 Å². The number of hydrogen-bond donors (Lipinski definition) is 1. The number of benzene rings is 3. The molecule has 0 saturated carbocycles. The molecule has 1 aliphatic rings. The van der Waals surface area contributed by atoms with Gasteiger partial charge in [-0.15, -0.1) is 0 Å². The summed E-state index contributed by atoms with van der Waals surface area (Å²) in [5.41, 5.74) is 1.91. The van der Waals surface area contributed by atoms with E-state index in [0.717, 1.165) is 16.7 Å². The summed E-state index contributed by atoms with van der Waals surface area (Å²) < 4.78 is 28.2. The first kappa shape index (κ1) is 29.4. The Morgan fingerprint density at radius 3 is 2.38 bits per heavy atom. The highest BCUT2D eigenvalue weighted by atomic mass is 35.5. The van der Waals surface area contributed by atoms with Crippen molar-refractivity contribution in [2.45, 2.75) is 51.5 Å². The van der Waals surface area contributed by atoms with Gasteiger partial charge in [0, 0.05) is 6.42 Å². The molecule has 0 fully saturated rings. The van der Waals surface area contributed by atoms with E-state index in [4.69, 9.17) is 46.9 Å². The lowest BCUT2D eigenvalue weighted by Crippen LogP contribution is -2.45. The van der Waals surface area contributed by atoms with Crippen LogP contribution in [0.25, 0.3) is 0 Å². The van der Waals surface area contributed by atoms with Gasteiger partial charge in [0.2, 0.25) is 0 Å². The van der Waals surface area contributed by atoms with Crippen molar-refractivity contribution in [3.8, 4) is 17.2 Å². The average molecular weight is 588 g/mol. The number of ether oxygens (including phenoxy) is 5. The fourth-order valence-electron chi connectivity index (χ4n) is 4.00. The van der Waals surface area contributed by atoms with Gasteiger partial charge in [-0.3, -0.25) is 0 Å². The van der Waals surface area contributed by atoms with Crippen LogP contribution >= 0.6 is 23.2 Å². The number of hydrogen-bond acceptors (Lipinski definition) is 7. The maximum atomic E-state index is 12.3. The van der Waals surface area contributed by atoms with Crippen molar-refractivity contribution in [3.05, 3.63) is 87.4 Å². The molecule has 4 rings (SSSR count). The van der Waals surface area contributed by atoms with Gasteiger partial charge in [0.15, 0.2) is 17.6 Å². The minimum Gasteiger partial charge on any atom is -0.489 e. The van der Waals surface area contributed by atoms with Gasteiger partial charge in [-0.05, 0) is 73.9 Å². The second-order valence-corrected chi connectivity index (χ2v) is 11.0. The average Bonchev–Trinajstić information content (AvgIpc) is 2.92.